The number of aryl methyl sites for hydroxylation is 1. The zero-order valence-corrected chi connectivity index (χ0v) is 8.92. The van der Waals surface area contributed by atoms with E-state index in [1.54, 1.807) is 0 Å². The fourth-order valence-corrected chi connectivity index (χ4v) is 1.21. The Bertz CT molecular complexity index is 427. The molecule has 0 bridgehead atoms. The van der Waals surface area contributed by atoms with Gasteiger partial charge >= 0.3 is 0 Å². The maximum atomic E-state index is 10.9. The zero-order chi connectivity index (χ0) is 11.3. The Morgan fingerprint density at radius 2 is 2.27 bits per heavy atom. The highest BCUT2D eigenvalue weighted by molar-refractivity contribution is 5.90. The maximum Gasteiger partial charge on any atom is 0.221 e. The number of anilines is 1. The van der Waals surface area contributed by atoms with Crippen LogP contribution in [0, 0.1) is 18.8 Å². The zero-order valence-electron chi connectivity index (χ0n) is 8.92. The Morgan fingerprint density at radius 3 is 2.87 bits per heavy atom. The Labute approximate surface area is 89.7 Å². The largest absolute Gasteiger partial charge is 0.325 e. The summed E-state index contributed by atoms with van der Waals surface area (Å²) in [6.07, 6.45) is 0. The fraction of sp³-hybridized carbons (Fsp3) is 0.250. The maximum absolute atomic E-state index is 10.9. The van der Waals surface area contributed by atoms with Crippen molar-refractivity contribution in [2.45, 2.75) is 13.8 Å². The molecule has 3 heteroatoms. The van der Waals surface area contributed by atoms with E-state index in [1.807, 2.05) is 25.1 Å². The first-order valence-electron chi connectivity index (χ1n) is 4.70. The Hall–Kier alpha value is -1.79. The van der Waals surface area contributed by atoms with E-state index in [-0.39, 0.29) is 5.91 Å². The monoisotopic (exact) mass is 202 g/mol. The van der Waals surface area contributed by atoms with Crippen molar-refractivity contribution in [1.82, 2.24) is 0 Å². The molecule has 0 atom stereocenters. The minimum atomic E-state index is -0.102. The molecule has 0 heterocycles. The molecule has 0 aromatic heterocycles. The van der Waals surface area contributed by atoms with Crippen LogP contribution in [0.2, 0.25) is 0 Å². The number of rotatable bonds is 1. The van der Waals surface area contributed by atoms with Gasteiger partial charge in [-0.15, -0.1) is 0 Å². The first-order valence-corrected chi connectivity index (χ1v) is 4.70. The van der Waals surface area contributed by atoms with Crippen LogP contribution < -0.4 is 11.1 Å². The summed E-state index contributed by atoms with van der Waals surface area (Å²) in [6.45, 7) is 3.76. The van der Waals surface area contributed by atoms with Crippen molar-refractivity contribution in [1.29, 1.82) is 0 Å². The summed E-state index contributed by atoms with van der Waals surface area (Å²) in [5.41, 5.74) is 7.94. The van der Waals surface area contributed by atoms with E-state index in [2.05, 4.69) is 17.2 Å². The van der Waals surface area contributed by atoms with Crippen LogP contribution in [0.15, 0.2) is 18.2 Å². The first-order chi connectivity index (χ1) is 7.13. The summed E-state index contributed by atoms with van der Waals surface area (Å²) < 4.78 is 0. The topological polar surface area (TPSA) is 55.1 Å². The van der Waals surface area contributed by atoms with E-state index in [0.29, 0.717) is 6.54 Å². The lowest BCUT2D eigenvalue weighted by molar-refractivity contribution is -0.114. The van der Waals surface area contributed by atoms with Gasteiger partial charge in [0.05, 0.1) is 12.2 Å². The standard InChI is InChI=1S/C12H14N2O/c1-9-5-6-12(14-10(2)15)11(8-9)4-3-7-13/h5-6,8H,7,13H2,1-2H3,(H,14,15). The molecule has 1 aromatic carbocycles. The number of carbonyl (C=O) groups is 1. The molecule has 1 aromatic rings. The minimum absolute atomic E-state index is 0.102. The van der Waals surface area contributed by atoms with Gasteiger partial charge in [-0.2, -0.15) is 0 Å². The molecule has 0 fully saturated rings. The molecule has 0 aliphatic rings. The quantitative estimate of drug-likeness (QED) is 0.674. The van der Waals surface area contributed by atoms with E-state index < -0.39 is 0 Å². The number of carbonyl (C=O) groups excluding carboxylic acids is 1. The summed E-state index contributed by atoms with van der Waals surface area (Å²) >= 11 is 0. The highest BCUT2D eigenvalue weighted by Crippen LogP contribution is 2.16. The van der Waals surface area contributed by atoms with E-state index in [0.717, 1.165) is 16.8 Å². The van der Waals surface area contributed by atoms with Crippen LogP contribution in [0.25, 0.3) is 0 Å². The van der Waals surface area contributed by atoms with E-state index in [1.165, 1.54) is 6.92 Å². The molecule has 0 spiro atoms. The number of amides is 1. The van der Waals surface area contributed by atoms with Gasteiger partial charge < -0.3 is 11.1 Å². The normalized spacial score (nSPS) is 9.00. The highest BCUT2D eigenvalue weighted by Gasteiger charge is 2.01. The van der Waals surface area contributed by atoms with E-state index >= 15 is 0 Å². The molecule has 0 aliphatic carbocycles. The van der Waals surface area contributed by atoms with Gasteiger partial charge in [-0.25, -0.2) is 0 Å². The Morgan fingerprint density at radius 1 is 1.53 bits per heavy atom. The van der Waals surface area contributed by atoms with Crippen LogP contribution >= 0.6 is 0 Å². The lowest BCUT2D eigenvalue weighted by Gasteiger charge is -2.05. The van der Waals surface area contributed by atoms with Gasteiger partial charge in [0.2, 0.25) is 5.91 Å². The lowest BCUT2D eigenvalue weighted by Crippen LogP contribution is -2.07. The molecule has 0 radical (unpaired) electrons. The molecule has 3 nitrogen and oxygen atoms in total. The summed E-state index contributed by atoms with van der Waals surface area (Å²) in [6, 6.07) is 5.70. The van der Waals surface area contributed by atoms with Crippen LogP contribution in [-0.2, 0) is 4.79 Å². The lowest BCUT2D eigenvalue weighted by atomic mass is 10.1. The van der Waals surface area contributed by atoms with Gasteiger partial charge in [0.1, 0.15) is 0 Å². The number of hydrogen-bond acceptors (Lipinski definition) is 2. The van der Waals surface area contributed by atoms with Crippen LogP contribution in [0.5, 0.6) is 0 Å². The molecule has 3 N–H and O–H groups in total. The summed E-state index contributed by atoms with van der Waals surface area (Å²) in [7, 11) is 0. The van der Waals surface area contributed by atoms with Crippen molar-refractivity contribution in [2.24, 2.45) is 5.73 Å². The highest BCUT2D eigenvalue weighted by atomic mass is 16.1. The van der Waals surface area contributed by atoms with Gasteiger partial charge in [0.15, 0.2) is 0 Å². The smallest absolute Gasteiger partial charge is 0.221 e. The first kappa shape index (κ1) is 11.3. The van der Waals surface area contributed by atoms with Crippen molar-refractivity contribution in [3.8, 4) is 11.8 Å². The molecule has 78 valence electrons. The molecular formula is C12H14N2O. The average molecular weight is 202 g/mol. The molecule has 1 rings (SSSR count). The summed E-state index contributed by atoms with van der Waals surface area (Å²) in [4.78, 5) is 10.9. The van der Waals surface area contributed by atoms with Crippen LogP contribution in [-0.4, -0.2) is 12.5 Å². The third-order valence-corrected chi connectivity index (χ3v) is 1.81. The Kier molecular flexibility index (Phi) is 3.90. The van der Waals surface area contributed by atoms with E-state index in [9.17, 15) is 4.79 Å². The average Bonchev–Trinajstić information content (AvgIpc) is 2.18. The molecule has 0 aliphatic heterocycles. The third-order valence-electron chi connectivity index (χ3n) is 1.81. The van der Waals surface area contributed by atoms with E-state index in [4.69, 9.17) is 5.73 Å². The Balaban J connectivity index is 3.08. The molecule has 0 saturated carbocycles. The second-order valence-corrected chi connectivity index (χ2v) is 3.24. The SMILES string of the molecule is CC(=O)Nc1ccc(C)cc1C#CCN. The van der Waals surface area contributed by atoms with Gasteiger partial charge in [0, 0.05) is 12.5 Å². The second kappa shape index (κ2) is 5.18. The number of nitrogens with two attached hydrogens (primary N) is 1. The van der Waals surface area contributed by atoms with Crippen molar-refractivity contribution in [3.05, 3.63) is 29.3 Å². The van der Waals surface area contributed by atoms with Crippen molar-refractivity contribution in [2.75, 3.05) is 11.9 Å². The van der Waals surface area contributed by atoms with Gasteiger partial charge in [-0.05, 0) is 24.6 Å². The summed E-state index contributed by atoms with van der Waals surface area (Å²) in [5.74, 6) is 5.60. The molecule has 0 saturated heterocycles. The molecule has 15 heavy (non-hydrogen) atoms. The molecular weight excluding hydrogens is 188 g/mol. The minimum Gasteiger partial charge on any atom is -0.325 e. The van der Waals surface area contributed by atoms with Crippen molar-refractivity contribution >= 4 is 11.6 Å². The van der Waals surface area contributed by atoms with Gasteiger partial charge in [-0.1, -0.05) is 17.9 Å². The van der Waals surface area contributed by atoms with Crippen LogP contribution in [0.4, 0.5) is 5.69 Å². The van der Waals surface area contributed by atoms with Gasteiger partial charge in [-0.3, -0.25) is 4.79 Å². The second-order valence-electron chi connectivity index (χ2n) is 3.24. The van der Waals surface area contributed by atoms with Gasteiger partial charge in [0.25, 0.3) is 0 Å². The van der Waals surface area contributed by atoms with Crippen molar-refractivity contribution < 1.29 is 4.79 Å². The predicted molar refractivity (Wildman–Crippen MR) is 61.4 cm³/mol. The van der Waals surface area contributed by atoms with Crippen LogP contribution in [0.3, 0.4) is 0 Å². The molecule has 0 unspecified atom stereocenters. The predicted octanol–water partition coefficient (Wildman–Crippen LogP) is 1.26. The van der Waals surface area contributed by atoms with Crippen molar-refractivity contribution in [3.63, 3.8) is 0 Å². The van der Waals surface area contributed by atoms with Crippen LogP contribution in [0.1, 0.15) is 18.1 Å². The fourth-order valence-electron chi connectivity index (χ4n) is 1.21. The number of benzene rings is 1. The molecule has 1 amide bonds. The number of hydrogen-bond donors (Lipinski definition) is 2. The number of nitrogens with one attached hydrogen (secondary N) is 1. The third kappa shape index (κ3) is 3.45. The summed E-state index contributed by atoms with van der Waals surface area (Å²) in [5, 5.41) is 2.73.